The van der Waals surface area contributed by atoms with Gasteiger partial charge in [-0.05, 0) is 18.9 Å². The molecule has 0 saturated carbocycles. The number of sulfone groups is 1. The molecule has 0 radical (unpaired) electrons. The first-order valence-corrected chi connectivity index (χ1v) is 7.91. The molecule has 1 aliphatic heterocycles. The van der Waals surface area contributed by atoms with Gasteiger partial charge in [-0.15, -0.1) is 10.2 Å². The van der Waals surface area contributed by atoms with Gasteiger partial charge in [0.05, 0.1) is 18.1 Å². The molecule has 19 heavy (non-hydrogen) atoms. The highest BCUT2D eigenvalue weighted by Crippen LogP contribution is 2.23. The predicted octanol–water partition coefficient (Wildman–Crippen LogP) is 0.858. The maximum absolute atomic E-state index is 11.8. The molecule has 3 rings (SSSR count). The van der Waals surface area contributed by atoms with E-state index in [1.165, 1.54) is 0 Å². The van der Waals surface area contributed by atoms with E-state index in [1.807, 2.05) is 16.7 Å². The summed E-state index contributed by atoms with van der Waals surface area (Å²) < 4.78 is 30.6. The minimum absolute atomic E-state index is 0.294. The average molecular weight is 281 g/mol. The van der Waals surface area contributed by atoms with Crippen LogP contribution >= 0.6 is 0 Å². The number of ether oxygens (including phenoxy) is 1. The van der Waals surface area contributed by atoms with Crippen LogP contribution in [-0.2, 0) is 16.3 Å². The summed E-state index contributed by atoms with van der Waals surface area (Å²) in [4.78, 5) is 0. The number of aromatic nitrogens is 3. The van der Waals surface area contributed by atoms with Crippen molar-refractivity contribution in [2.75, 3.05) is 12.9 Å². The molecule has 1 saturated heterocycles. The second-order valence-corrected chi connectivity index (χ2v) is 7.15. The summed E-state index contributed by atoms with van der Waals surface area (Å²) in [5.74, 6) is 1.69. The Morgan fingerprint density at radius 2 is 2.32 bits per heavy atom. The third-order valence-corrected chi connectivity index (χ3v) is 5.84. The van der Waals surface area contributed by atoms with Gasteiger partial charge in [0, 0.05) is 18.7 Å². The van der Waals surface area contributed by atoms with Crippen molar-refractivity contribution in [3.8, 4) is 5.75 Å². The van der Waals surface area contributed by atoms with E-state index < -0.39 is 9.84 Å². The van der Waals surface area contributed by atoms with E-state index in [4.69, 9.17) is 4.74 Å². The zero-order valence-corrected chi connectivity index (χ0v) is 11.4. The monoisotopic (exact) mass is 281 g/mol. The van der Waals surface area contributed by atoms with Gasteiger partial charge < -0.3 is 4.74 Å². The smallest absolute Gasteiger partial charge is 0.164 e. The normalized spacial score (nSPS) is 21.8. The minimum atomic E-state index is -2.95. The molecule has 0 amide bonds. The van der Waals surface area contributed by atoms with Gasteiger partial charge in [-0.2, -0.15) is 0 Å². The first-order valence-electron chi connectivity index (χ1n) is 6.19. The molecule has 7 heteroatoms. The predicted molar refractivity (Wildman–Crippen MR) is 70.1 cm³/mol. The maximum atomic E-state index is 11.8. The van der Waals surface area contributed by atoms with Gasteiger partial charge in [-0.3, -0.25) is 4.40 Å². The second kappa shape index (κ2) is 4.48. The molecular formula is C12H15N3O3S. The number of fused-ring (bicyclic) bond motifs is 1. The van der Waals surface area contributed by atoms with E-state index in [0.29, 0.717) is 35.8 Å². The van der Waals surface area contributed by atoms with Gasteiger partial charge in [0.25, 0.3) is 0 Å². The van der Waals surface area contributed by atoms with Crippen LogP contribution in [0, 0.1) is 0 Å². The number of hydrogen-bond donors (Lipinski definition) is 0. The van der Waals surface area contributed by atoms with E-state index in [2.05, 4.69) is 10.2 Å². The van der Waals surface area contributed by atoms with Crippen LogP contribution in [0.25, 0.3) is 5.65 Å². The Morgan fingerprint density at radius 3 is 3.00 bits per heavy atom. The standard InChI is InChI=1S/C12H15N3O3S/c1-18-9-4-5-15-11(7-9)13-14-12(15)8-10-3-2-6-19(10,16)17/h4-5,7,10H,2-3,6,8H2,1H3. The Hall–Kier alpha value is -1.63. The molecule has 2 aromatic rings. The number of pyridine rings is 1. The molecule has 3 heterocycles. The average Bonchev–Trinajstić information content (AvgIpc) is 2.94. The molecule has 0 aliphatic carbocycles. The molecule has 102 valence electrons. The molecule has 1 unspecified atom stereocenters. The topological polar surface area (TPSA) is 73.6 Å². The van der Waals surface area contributed by atoms with Crippen molar-refractivity contribution < 1.29 is 13.2 Å². The van der Waals surface area contributed by atoms with Crippen molar-refractivity contribution >= 4 is 15.5 Å². The van der Waals surface area contributed by atoms with E-state index in [-0.39, 0.29) is 5.25 Å². The first-order chi connectivity index (χ1) is 9.10. The number of rotatable bonds is 3. The van der Waals surface area contributed by atoms with Crippen LogP contribution in [0.15, 0.2) is 18.3 Å². The summed E-state index contributed by atoms with van der Waals surface area (Å²) in [6.45, 7) is 0. The van der Waals surface area contributed by atoms with Crippen LogP contribution in [0.4, 0.5) is 0 Å². The van der Waals surface area contributed by atoms with Crippen molar-refractivity contribution in [1.82, 2.24) is 14.6 Å². The molecule has 0 bridgehead atoms. The van der Waals surface area contributed by atoms with E-state index in [1.54, 1.807) is 13.2 Å². The fourth-order valence-electron chi connectivity index (χ4n) is 2.48. The highest BCUT2D eigenvalue weighted by Gasteiger charge is 2.32. The largest absolute Gasteiger partial charge is 0.497 e. The second-order valence-electron chi connectivity index (χ2n) is 4.75. The molecule has 0 aromatic carbocycles. The van der Waals surface area contributed by atoms with Crippen LogP contribution in [0.2, 0.25) is 0 Å². The molecule has 0 spiro atoms. The Labute approximate surface area is 111 Å². The molecule has 1 atom stereocenters. The van der Waals surface area contributed by atoms with E-state index >= 15 is 0 Å². The number of hydrogen-bond acceptors (Lipinski definition) is 5. The van der Waals surface area contributed by atoms with Crippen LogP contribution in [0.5, 0.6) is 5.75 Å². The van der Waals surface area contributed by atoms with E-state index in [0.717, 1.165) is 6.42 Å². The lowest BCUT2D eigenvalue weighted by Crippen LogP contribution is -2.19. The molecular weight excluding hydrogens is 266 g/mol. The van der Waals surface area contributed by atoms with Crippen molar-refractivity contribution in [3.05, 3.63) is 24.2 Å². The Bertz CT molecular complexity index is 708. The lowest BCUT2D eigenvalue weighted by molar-refractivity contribution is 0.414. The van der Waals surface area contributed by atoms with E-state index in [9.17, 15) is 8.42 Å². The van der Waals surface area contributed by atoms with Crippen LogP contribution in [0.3, 0.4) is 0 Å². The summed E-state index contributed by atoms with van der Waals surface area (Å²) in [5, 5.41) is 7.83. The van der Waals surface area contributed by atoms with Gasteiger partial charge in [0.2, 0.25) is 0 Å². The van der Waals surface area contributed by atoms with Crippen molar-refractivity contribution in [2.24, 2.45) is 0 Å². The SMILES string of the molecule is COc1ccn2c(CC3CCCS3(=O)=O)nnc2c1. The highest BCUT2D eigenvalue weighted by atomic mass is 32.2. The fraction of sp³-hybridized carbons (Fsp3) is 0.500. The lowest BCUT2D eigenvalue weighted by atomic mass is 10.2. The van der Waals surface area contributed by atoms with Crippen LogP contribution in [-0.4, -0.2) is 41.1 Å². The summed E-state index contributed by atoms with van der Waals surface area (Å²) >= 11 is 0. The number of nitrogens with zero attached hydrogens (tertiary/aromatic N) is 3. The Kier molecular flexibility index (Phi) is 2.93. The quantitative estimate of drug-likeness (QED) is 0.834. The van der Waals surface area contributed by atoms with Gasteiger partial charge in [-0.1, -0.05) is 0 Å². The van der Waals surface area contributed by atoms with Crippen LogP contribution in [0.1, 0.15) is 18.7 Å². The number of methoxy groups -OCH3 is 1. The van der Waals surface area contributed by atoms with Gasteiger partial charge >= 0.3 is 0 Å². The highest BCUT2D eigenvalue weighted by molar-refractivity contribution is 7.92. The van der Waals surface area contributed by atoms with Crippen molar-refractivity contribution in [3.63, 3.8) is 0 Å². The fourth-order valence-corrected chi connectivity index (χ4v) is 4.31. The summed E-state index contributed by atoms with van der Waals surface area (Å²) in [6, 6.07) is 3.59. The van der Waals surface area contributed by atoms with Crippen molar-refractivity contribution in [1.29, 1.82) is 0 Å². The Balaban J connectivity index is 1.94. The first kappa shape index (κ1) is 12.4. The third kappa shape index (κ3) is 2.18. The summed E-state index contributed by atoms with van der Waals surface area (Å²) in [5.41, 5.74) is 0.671. The molecule has 2 aromatic heterocycles. The zero-order chi connectivity index (χ0) is 13.5. The lowest BCUT2D eigenvalue weighted by Gasteiger charge is -2.07. The summed E-state index contributed by atoms with van der Waals surface area (Å²) in [6.07, 6.45) is 3.70. The third-order valence-electron chi connectivity index (χ3n) is 3.56. The van der Waals surface area contributed by atoms with Gasteiger partial charge in [0.15, 0.2) is 15.5 Å². The van der Waals surface area contributed by atoms with Crippen molar-refractivity contribution in [2.45, 2.75) is 24.5 Å². The van der Waals surface area contributed by atoms with Crippen LogP contribution < -0.4 is 4.74 Å². The molecule has 1 aliphatic rings. The van der Waals surface area contributed by atoms with Gasteiger partial charge in [0.1, 0.15) is 11.6 Å². The molecule has 1 fully saturated rings. The molecule has 6 nitrogen and oxygen atoms in total. The minimum Gasteiger partial charge on any atom is -0.497 e. The molecule has 0 N–H and O–H groups in total. The summed E-state index contributed by atoms with van der Waals surface area (Å²) in [7, 11) is -1.36. The van der Waals surface area contributed by atoms with Gasteiger partial charge in [-0.25, -0.2) is 8.42 Å². The zero-order valence-electron chi connectivity index (χ0n) is 10.6. The maximum Gasteiger partial charge on any atom is 0.164 e. The Morgan fingerprint density at radius 1 is 1.47 bits per heavy atom.